The lowest BCUT2D eigenvalue weighted by Gasteiger charge is -2.36. The average molecular weight is 470 g/mol. The number of halogens is 1. The molecule has 1 heterocycles. The van der Waals surface area contributed by atoms with E-state index in [2.05, 4.69) is 10.6 Å². The van der Waals surface area contributed by atoms with Crippen LogP contribution in [-0.4, -0.2) is 54.9 Å². The molecule has 0 radical (unpaired) electrons. The van der Waals surface area contributed by atoms with Gasteiger partial charge in [0.2, 0.25) is 5.91 Å². The molecule has 0 spiro atoms. The molecule has 2 atom stereocenters. The van der Waals surface area contributed by atoms with Crippen LogP contribution in [0.3, 0.4) is 0 Å². The lowest BCUT2D eigenvalue weighted by molar-refractivity contribution is -0.125. The smallest absolute Gasteiger partial charge is 0.253 e. The number of carbonyl (C=O) groups is 3. The molecular formula is C26H32FN3O4. The summed E-state index contributed by atoms with van der Waals surface area (Å²) in [5.41, 5.74) is 0.866. The third-order valence-electron chi connectivity index (χ3n) is 6.31. The van der Waals surface area contributed by atoms with E-state index in [9.17, 15) is 18.8 Å². The number of nitrogens with zero attached hydrogens (tertiary/aromatic N) is 1. The van der Waals surface area contributed by atoms with Crippen molar-refractivity contribution in [1.82, 2.24) is 15.5 Å². The van der Waals surface area contributed by atoms with Crippen molar-refractivity contribution in [2.24, 2.45) is 5.92 Å². The molecule has 1 aliphatic rings. The highest BCUT2D eigenvalue weighted by Gasteiger charge is 2.34. The number of hydrogen-bond acceptors (Lipinski definition) is 4. The number of nitrogens with one attached hydrogen (secondary N) is 2. The lowest BCUT2D eigenvalue weighted by Crippen LogP contribution is -2.55. The van der Waals surface area contributed by atoms with Crippen molar-refractivity contribution in [2.45, 2.75) is 45.2 Å². The number of piperidine rings is 1. The molecule has 1 fully saturated rings. The number of ether oxygens (including phenoxy) is 1. The summed E-state index contributed by atoms with van der Waals surface area (Å²) in [5, 5.41) is 5.89. The van der Waals surface area contributed by atoms with E-state index >= 15 is 0 Å². The second-order valence-electron chi connectivity index (χ2n) is 8.63. The summed E-state index contributed by atoms with van der Waals surface area (Å²) in [5.74, 6) is -0.597. The van der Waals surface area contributed by atoms with E-state index in [4.69, 9.17) is 4.74 Å². The maximum atomic E-state index is 13.2. The number of carbonyl (C=O) groups excluding carboxylic acids is 3. The summed E-state index contributed by atoms with van der Waals surface area (Å²) in [6.45, 7) is 4.80. The molecule has 34 heavy (non-hydrogen) atoms. The molecule has 182 valence electrons. The minimum atomic E-state index is -0.716. The molecule has 7 nitrogen and oxygen atoms in total. The van der Waals surface area contributed by atoms with E-state index in [1.165, 1.54) is 24.3 Å². The first kappa shape index (κ1) is 25.2. The summed E-state index contributed by atoms with van der Waals surface area (Å²) in [4.78, 5) is 40.5. The van der Waals surface area contributed by atoms with Gasteiger partial charge < -0.3 is 20.3 Å². The van der Waals surface area contributed by atoms with Gasteiger partial charge in [-0.25, -0.2) is 4.39 Å². The van der Waals surface area contributed by atoms with E-state index < -0.39 is 11.9 Å². The zero-order valence-corrected chi connectivity index (χ0v) is 19.8. The first-order chi connectivity index (χ1) is 16.3. The number of likely N-dealkylation sites (tertiary alicyclic amines) is 1. The van der Waals surface area contributed by atoms with Crippen LogP contribution in [0.15, 0.2) is 48.5 Å². The second-order valence-corrected chi connectivity index (χ2v) is 8.63. The highest BCUT2D eigenvalue weighted by atomic mass is 19.1. The van der Waals surface area contributed by atoms with Gasteiger partial charge in [-0.2, -0.15) is 0 Å². The van der Waals surface area contributed by atoms with Gasteiger partial charge in [0.1, 0.15) is 17.6 Å². The lowest BCUT2D eigenvalue weighted by atomic mass is 9.88. The van der Waals surface area contributed by atoms with E-state index in [1.807, 2.05) is 13.8 Å². The van der Waals surface area contributed by atoms with Crippen LogP contribution in [0.2, 0.25) is 0 Å². The Balaban J connectivity index is 1.69. The molecule has 2 aromatic carbocycles. The average Bonchev–Trinajstić information content (AvgIpc) is 2.87. The molecule has 0 saturated carbocycles. The van der Waals surface area contributed by atoms with Crippen LogP contribution in [0.1, 0.15) is 53.8 Å². The SMILES string of the molecule is CC[C@H](C)NC(=O)[C@H](NC(=O)c1ccc(OC)cc1)C1CCN(C(=O)c2ccc(F)cc2)CC1. The maximum absolute atomic E-state index is 13.2. The first-order valence-electron chi connectivity index (χ1n) is 11.6. The minimum absolute atomic E-state index is 0.0203. The predicted octanol–water partition coefficient (Wildman–Crippen LogP) is 3.40. The van der Waals surface area contributed by atoms with Crippen LogP contribution in [0, 0.1) is 11.7 Å². The van der Waals surface area contributed by atoms with E-state index in [0.717, 1.165) is 6.42 Å². The zero-order chi connectivity index (χ0) is 24.7. The number of rotatable bonds is 8. The Morgan fingerprint density at radius 2 is 1.59 bits per heavy atom. The largest absolute Gasteiger partial charge is 0.497 e. The first-order valence-corrected chi connectivity index (χ1v) is 11.6. The number of amides is 3. The molecule has 2 aromatic rings. The van der Waals surface area contributed by atoms with Crippen LogP contribution in [-0.2, 0) is 4.79 Å². The van der Waals surface area contributed by atoms with Crippen LogP contribution in [0.25, 0.3) is 0 Å². The van der Waals surface area contributed by atoms with Crippen LogP contribution >= 0.6 is 0 Å². The van der Waals surface area contributed by atoms with E-state index in [1.54, 1.807) is 36.3 Å². The van der Waals surface area contributed by atoms with Crippen molar-refractivity contribution in [1.29, 1.82) is 0 Å². The Kier molecular flexibility index (Phi) is 8.62. The Bertz CT molecular complexity index is 986. The molecule has 2 N–H and O–H groups in total. The molecule has 8 heteroatoms. The van der Waals surface area contributed by atoms with Gasteiger partial charge >= 0.3 is 0 Å². The highest BCUT2D eigenvalue weighted by Crippen LogP contribution is 2.23. The van der Waals surface area contributed by atoms with Gasteiger partial charge in [-0.15, -0.1) is 0 Å². The molecule has 0 unspecified atom stereocenters. The standard InChI is InChI=1S/C26H32FN3O4/c1-4-17(2)28-25(32)23(29-24(31)19-7-11-22(34-3)12-8-19)18-13-15-30(16-14-18)26(33)20-5-9-21(27)10-6-20/h5-12,17-18,23H,4,13-16H2,1-3H3,(H,28,32)(H,29,31)/t17-,23+/m0/s1. The Morgan fingerprint density at radius 1 is 1.00 bits per heavy atom. The molecule has 0 aromatic heterocycles. The number of benzene rings is 2. The quantitative estimate of drug-likeness (QED) is 0.620. The van der Waals surface area contributed by atoms with Gasteiger partial charge in [0.25, 0.3) is 11.8 Å². The van der Waals surface area contributed by atoms with Crippen LogP contribution in [0.4, 0.5) is 4.39 Å². The fourth-order valence-electron chi connectivity index (χ4n) is 4.01. The van der Waals surface area contributed by atoms with Gasteiger partial charge in [0.05, 0.1) is 7.11 Å². The molecular weight excluding hydrogens is 437 g/mol. The second kappa shape index (κ2) is 11.6. The zero-order valence-electron chi connectivity index (χ0n) is 19.8. The Labute approximate surface area is 199 Å². The summed E-state index contributed by atoms with van der Waals surface area (Å²) < 4.78 is 18.3. The molecule has 1 aliphatic heterocycles. The highest BCUT2D eigenvalue weighted by molar-refractivity contribution is 5.98. The third kappa shape index (κ3) is 6.34. The molecule has 0 bridgehead atoms. The number of methoxy groups -OCH3 is 1. The monoisotopic (exact) mass is 469 g/mol. The van der Waals surface area contributed by atoms with Crippen LogP contribution < -0.4 is 15.4 Å². The van der Waals surface area contributed by atoms with Crippen molar-refractivity contribution in [2.75, 3.05) is 20.2 Å². The summed E-state index contributed by atoms with van der Waals surface area (Å²) in [6.07, 6.45) is 1.90. The van der Waals surface area contributed by atoms with Crippen molar-refractivity contribution < 1.29 is 23.5 Å². The molecule has 0 aliphatic carbocycles. The van der Waals surface area contributed by atoms with Crippen molar-refractivity contribution in [3.05, 3.63) is 65.5 Å². The van der Waals surface area contributed by atoms with Crippen molar-refractivity contribution in [3.8, 4) is 5.75 Å². The predicted molar refractivity (Wildman–Crippen MR) is 127 cm³/mol. The van der Waals surface area contributed by atoms with Gasteiger partial charge in [-0.3, -0.25) is 14.4 Å². The Morgan fingerprint density at radius 3 is 2.15 bits per heavy atom. The van der Waals surface area contributed by atoms with Gasteiger partial charge in [-0.1, -0.05) is 6.92 Å². The van der Waals surface area contributed by atoms with Gasteiger partial charge in [-0.05, 0) is 80.6 Å². The summed E-state index contributed by atoms with van der Waals surface area (Å²) >= 11 is 0. The normalized spacial score (nSPS) is 15.8. The Hall–Kier alpha value is -3.42. The maximum Gasteiger partial charge on any atom is 0.253 e. The molecule has 3 amide bonds. The molecule has 1 saturated heterocycles. The summed E-state index contributed by atoms with van der Waals surface area (Å²) in [6, 6.07) is 11.4. The fourth-order valence-corrected chi connectivity index (χ4v) is 4.01. The van der Waals surface area contributed by atoms with Gasteiger partial charge in [0, 0.05) is 30.3 Å². The summed E-state index contributed by atoms with van der Waals surface area (Å²) in [7, 11) is 1.55. The molecule has 3 rings (SSSR count). The van der Waals surface area contributed by atoms with Crippen molar-refractivity contribution in [3.63, 3.8) is 0 Å². The van der Waals surface area contributed by atoms with E-state index in [-0.39, 0.29) is 29.7 Å². The minimum Gasteiger partial charge on any atom is -0.497 e. The van der Waals surface area contributed by atoms with E-state index in [0.29, 0.717) is 42.8 Å². The van der Waals surface area contributed by atoms with Gasteiger partial charge in [0.15, 0.2) is 0 Å². The third-order valence-corrected chi connectivity index (χ3v) is 6.31. The van der Waals surface area contributed by atoms with Crippen LogP contribution in [0.5, 0.6) is 5.75 Å². The van der Waals surface area contributed by atoms with Crippen molar-refractivity contribution >= 4 is 17.7 Å². The fraction of sp³-hybridized carbons (Fsp3) is 0.423. The number of hydrogen-bond donors (Lipinski definition) is 2. The topological polar surface area (TPSA) is 87.7 Å².